The van der Waals surface area contributed by atoms with Crippen LogP contribution in [0.5, 0.6) is 0 Å². The van der Waals surface area contributed by atoms with E-state index in [0.717, 1.165) is 41.6 Å². The number of fused-ring (bicyclic) bond motifs is 1. The van der Waals surface area contributed by atoms with Gasteiger partial charge in [0.1, 0.15) is 18.2 Å². The van der Waals surface area contributed by atoms with Gasteiger partial charge in [-0.05, 0) is 31.7 Å². The molecule has 0 aliphatic carbocycles. The number of hydrogen-bond acceptors (Lipinski definition) is 5. The number of likely N-dealkylation sites (N-methyl/N-ethyl adjacent to an activating group) is 1. The van der Waals surface area contributed by atoms with Crippen molar-refractivity contribution in [3.05, 3.63) is 29.0 Å². The molecule has 0 spiro atoms. The number of benzene rings is 1. The number of amides is 1. The van der Waals surface area contributed by atoms with Crippen molar-refractivity contribution in [2.75, 3.05) is 38.5 Å². The minimum Gasteiger partial charge on any atom is -0.358 e. The lowest BCUT2D eigenvalue weighted by Gasteiger charge is -2.34. The lowest BCUT2D eigenvalue weighted by atomic mass is 10.1. The molecule has 2 heterocycles. The highest BCUT2D eigenvalue weighted by Gasteiger charge is 2.26. The lowest BCUT2D eigenvalue weighted by molar-refractivity contribution is -0.133. The molecule has 1 aliphatic rings. The monoisotopic (exact) mass is 391 g/mol. The summed E-state index contributed by atoms with van der Waals surface area (Å²) in [7, 11) is 2.09. The molecular weight excluding hydrogens is 370 g/mol. The van der Waals surface area contributed by atoms with E-state index in [-0.39, 0.29) is 11.9 Å². The van der Waals surface area contributed by atoms with E-state index in [2.05, 4.69) is 43.2 Å². The van der Waals surface area contributed by atoms with Crippen LogP contribution in [0.3, 0.4) is 0 Å². The number of carbonyl (C=O) groups excluding carboxylic acids is 1. The van der Waals surface area contributed by atoms with Crippen LogP contribution in [0.2, 0.25) is 0 Å². The average Bonchev–Trinajstić information content (AvgIpc) is 2.60. The molecule has 0 saturated carbocycles. The number of rotatable bonds is 4. The maximum atomic E-state index is 12.8. The summed E-state index contributed by atoms with van der Waals surface area (Å²) in [6.45, 7) is 5.43. The number of hydrogen-bond donors (Lipinski definition) is 1. The predicted octanol–water partition coefficient (Wildman–Crippen LogP) is 2.36. The zero-order valence-corrected chi connectivity index (χ0v) is 15.6. The van der Waals surface area contributed by atoms with Crippen molar-refractivity contribution in [2.45, 2.75) is 19.4 Å². The van der Waals surface area contributed by atoms with E-state index in [1.165, 1.54) is 6.33 Å². The molecule has 1 amide bonds. The first-order valence-corrected chi connectivity index (χ1v) is 9.02. The van der Waals surface area contributed by atoms with Gasteiger partial charge in [0.25, 0.3) is 0 Å². The van der Waals surface area contributed by atoms with E-state index < -0.39 is 0 Å². The molecule has 7 heteroatoms. The second-order valence-corrected chi connectivity index (χ2v) is 7.03. The summed E-state index contributed by atoms with van der Waals surface area (Å²) in [6.07, 6.45) is 2.25. The van der Waals surface area contributed by atoms with E-state index in [1.54, 1.807) is 0 Å². The second kappa shape index (κ2) is 7.44. The van der Waals surface area contributed by atoms with Crippen molar-refractivity contribution in [2.24, 2.45) is 0 Å². The maximum absolute atomic E-state index is 12.8. The van der Waals surface area contributed by atoms with Crippen LogP contribution in [0.25, 0.3) is 10.9 Å². The first-order valence-electron chi connectivity index (χ1n) is 8.22. The second-order valence-electron chi connectivity index (χ2n) is 6.12. The molecule has 24 heavy (non-hydrogen) atoms. The zero-order chi connectivity index (χ0) is 17.1. The molecule has 3 rings (SSSR count). The van der Waals surface area contributed by atoms with Crippen molar-refractivity contribution in [1.29, 1.82) is 0 Å². The minimum atomic E-state index is -0.273. The first-order chi connectivity index (χ1) is 11.6. The third kappa shape index (κ3) is 3.67. The fourth-order valence-corrected chi connectivity index (χ4v) is 3.26. The molecule has 1 atom stereocenters. The summed E-state index contributed by atoms with van der Waals surface area (Å²) in [4.78, 5) is 25.7. The van der Waals surface area contributed by atoms with Gasteiger partial charge in [-0.1, -0.05) is 22.9 Å². The molecule has 1 saturated heterocycles. The summed E-state index contributed by atoms with van der Waals surface area (Å²) in [5, 5.41) is 4.24. The predicted molar refractivity (Wildman–Crippen MR) is 99.0 cm³/mol. The summed E-state index contributed by atoms with van der Waals surface area (Å²) in [6, 6.07) is 5.59. The number of anilines is 1. The third-order valence-corrected chi connectivity index (χ3v) is 4.92. The SMILES string of the molecule is CC[C@H](Nc1ncnc2ccc(Br)cc12)C(=O)N1CCN(C)CC1. The minimum absolute atomic E-state index is 0.146. The largest absolute Gasteiger partial charge is 0.358 e. The van der Waals surface area contributed by atoms with Crippen molar-refractivity contribution < 1.29 is 4.79 Å². The van der Waals surface area contributed by atoms with E-state index in [9.17, 15) is 4.79 Å². The van der Waals surface area contributed by atoms with Gasteiger partial charge in [-0.15, -0.1) is 0 Å². The fourth-order valence-electron chi connectivity index (χ4n) is 2.89. The Morgan fingerprint density at radius 1 is 1.29 bits per heavy atom. The lowest BCUT2D eigenvalue weighted by Crippen LogP contribution is -2.51. The molecule has 128 valence electrons. The van der Waals surface area contributed by atoms with Gasteiger partial charge in [-0.25, -0.2) is 9.97 Å². The summed E-state index contributed by atoms with van der Waals surface area (Å²) in [5.41, 5.74) is 0.859. The Morgan fingerprint density at radius 3 is 2.75 bits per heavy atom. The quantitative estimate of drug-likeness (QED) is 0.866. The van der Waals surface area contributed by atoms with Crippen molar-refractivity contribution in [3.63, 3.8) is 0 Å². The van der Waals surface area contributed by atoms with Crippen LogP contribution >= 0.6 is 15.9 Å². The molecular formula is C17H22BrN5O. The molecule has 1 fully saturated rings. The molecule has 1 N–H and O–H groups in total. The van der Waals surface area contributed by atoms with Gasteiger partial charge in [0.2, 0.25) is 5.91 Å². The molecule has 0 bridgehead atoms. The van der Waals surface area contributed by atoms with Gasteiger partial charge in [0, 0.05) is 36.0 Å². The molecule has 0 unspecified atom stereocenters. The Bertz CT molecular complexity index is 730. The highest BCUT2D eigenvalue weighted by molar-refractivity contribution is 9.10. The maximum Gasteiger partial charge on any atom is 0.245 e. The highest BCUT2D eigenvalue weighted by Crippen LogP contribution is 2.24. The van der Waals surface area contributed by atoms with Gasteiger partial charge in [0.15, 0.2) is 0 Å². The third-order valence-electron chi connectivity index (χ3n) is 4.43. The highest BCUT2D eigenvalue weighted by atomic mass is 79.9. The van der Waals surface area contributed by atoms with Gasteiger partial charge in [-0.3, -0.25) is 4.79 Å². The van der Waals surface area contributed by atoms with Crippen LogP contribution in [0.1, 0.15) is 13.3 Å². The zero-order valence-electron chi connectivity index (χ0n) is 14.0. The Balaban J connectivity index is 1.80. The molecule has 1 aliphatic heterocycles. The Morgan fingerprint density at radius 2 is 2.04 bits per heavy atom. The van der Waals surface area contributed by atoms with Crippen molar-refractivity contribution in [3.8, 4) is 0 Å². The van der Waals surface area contributed by atoms with E-state index in [4.69, 9.17) is 0 Å². The van der Waals surface area contributed by atoms with Crippen LogP contribution < -0.4 is 5.32 Å². The standard InChI is InChI=1S/C17H22BrN5O/c1-3-14(17(24)23-8-6-22(2)7-9-23)21-16-13-10-12(18)4-5-15(13)19-11-20-16/h4-5,10-11,14H,3,6-9H2,1-2H3,(H,19,20,21)/t14-/m0/s1. The van der Waals surface area contributed by atoms with E-state index >= 15 is 0 Å². The van der Waals surface area contributed by atoms with Gasteiger partial charge in [-0.2, -0.15) is 0 Å². The number of halogens is 1. The van der Waals surface area contributed by atoms with Crippen molar-refractivity contribution >= 4 is 38.6 Å². The summed E-state index contributed by atoms with van der Waals surface area (Å²) < 4.78 is 0.964. The fraction of sp³-hybridized carbons (Fsp3) is 0.471. The van der Waals surface area contributed by atoms with E-state index in [1.807, 2.05) is 30.0 Å². The molecule has 1 aromatic heterocycles. The van der Waals surface area contributed by atoms with E-state index in [0.29, 0.717) is 12.2 Å². The number of nitrogens with one attached hydrogen (secondary N) is 1. The van der Waals surface area contributed by atoms with Gasteiger partial charge >= 0.3 is 0 Å². The molecule has 1 aromatic carbocycles. The van der Waals surface area contributed by atoms with Gasteiger partial charge < -0.3 is 15.1 Å². The van der Waals surface area contributed by atoms with Crippen LogP contribution in [0, 0.1) is 0 Å². The van der Waals surface area contributed by atoms with Crippen LogP contribution in [0.15, 0.2) is 29.0 Å². The van der Waals surface area contributed by atoms with Crippen molar-refractivity contribution in [1.82, 2.24) is 19.8 Å². The number of piperazine rings is 1. The Kier molecular flexibility index (Phi) is 5.30. The number of nitrogens with zero attached hydrogens (tertiary/aromatic N) is 4. The topological polar surface area (TPSA) is 61.4 Å². The number of aromatic nitrogens is 2. The summed E-state index contributed by atoms with van der Waals surface area (Å²) in [5.74, 6) is 0.850. The summed E-state index contributed by atoms with van der Waals surface area (Å²) >= 11 is 3.48. The molecule has 2 aromatic rings. The number of carbonyl (C=O) groups is 1. The Hall–Kier alpha value is -1.73. The normalized spacial score (nSPS) is 17.0. The van der Waals surface area contributed by atoms with Crippen LogP contribution in [0.4, 0.5) is 5.82 Å². The van der Waals surface area contributed by atoms with Crippen LogP contribution in [-0.2, 0) is 4.79 Å². The molecule has 0 radical (unpaired) electrons. The Labute approximate surface area is 150 Å². The van der Waals surface area contributed by atoms with Crippen LogP contribution in [-0.4, -0.2) is 64.9 Å². The smallest absolute Gasteiger partial charge is 0.245 e. The van der Waals surface area contributed by atoms with Gasteiger partial charge in [0.05, 0.1) is 5.52 Å². The average molecular weight is 392 g/mol. The molecule has 6 nitrogen and oxygen atoms in total. The first kappa shape index (κ1) is 17.1.